The van der Waals surface area contributed by atoms with Crippen LogP contribution in [0.25, 0.3) is 0 Å². The first kappa shape index (κ1) is 30.5. The van der Waals surface area contributed by atoms with Crippen molar-refractivity contribution < 1.29 is 39.3 Å². The van der Waals surface area contributed by atoms with Crippen LogP contribution in [0.15, 0.2) is 30.3 Å². The Kier molecular flexibility index (Phi) is 12.5. The number of benzene rings is 1. The topological polar surface area (TPSA) is 208 Å². The summed E-state index contributed by atoms with van der Waals surface area (Å²) in [6, 6.07) is 3.68. The second-order valence-electron chi connectivity index (χ2n) is 9.05. The van der Waals surface area contributed by atoms with Gasteiger partial charge in [-0.1, -0.05) is 44.2 Å². The van der Waals surface area contributed by atoms with E-state index in [1.165, 1.54) is 6.92 Å². The Hall–Kier alpha value is -3.51. The zero-order valence-corrected chi connectivity index (χ0v) is 20.6. The van der Waals surface area contributed by atoms with E-state index in [-0.39, 0.29) is 12.3 Å². The highest BCUT2D eigenvalue weighted by Gasteiger charge is 2.33. The third-order valence-electron chi connectivity index (χ3n) is 5.30. The highest BCUT2D eigenvalue weighted by atomic mass is 16.4. The Labute approximate surface area is 209 Å². The summed E-state index contributed by atoms with van der Waals surface area (Å²) in [6.07, 6.45) is -1.88. The average Bonchev–Trinajstić information content (AvgIpc) is 2.78. The molecule has 12 heteroatoms. The van der Waals surface area contributed by atoms with Gasteiger partial charge in [0.25, 0.3) is 0 Å². The van der Waals surface area contributed by atoms with Gasteiger partial charge in [-0.25, -0.2) is 4.79 Å². The predicted octanol–water partition coefficient (Wildman–Crippen LogP) is -0.613. The van der Waals surface area contributed by atoms with Crippen LogP contribution in [0.5, 0.6) is 0 Å². The maximum absolute atomic E-state index is 13.1. The van der Waals surface area contributed by atoms with Crippen LogP contribution in [0.4, 0.5) is 0 Å². The van der Waals surface area contributed by atoms with Crippen molar-refractivity contribution in [2.75, 3.05) is 0 Å². The minimum atomic E-state index is -1.57. The molecule has 3 amide bonds. The standard InChI is InChI=1S/C24H36N4O8/c1-13(2)11-16(25)21(32)27-18(12-15-7-5-4-6-8-15)22(33)28-20(14(3)29)23(34)26-17(24(35)36)9-10-19(30)31/h4-8,13-14,16-18,20,29H,9-12,25H2,1-3H3,(H,26,34)(H,27,32)(H,28,33)(H,30,31)(H,35,36). The van der Waals surface area contributed by atoms with E-state index in [2.05, 4.69) is 16.0 Å². The van der Waals surface area contributed by atoms with Crippen LogP contribution in [-0.4, -0.2) is 75.3 Å². The third-order valence-corrected chi connectivity index (χ3v) is 5.30. The van der Waals surface area contributed by atoms with E-state index >= 15 is 0 Å². The number of aliphatic hydroxyl groups is 1. The SMILES string of the molecule is CC(C)CC(N)C(=O)NC(Cc1ccccc1)C(=O)NC(C(=O)NC(CCC(=O)O)C(=O)O)C(C)O. The molecule has 0 radical (unpaired) electrons. The van der Waals surface area contributed by atoms with Crippen molar-refractivity contribution in [2.45, 2.75) is 76.7 Å². The Morgan fingerprint density at radius 1 is 0.861 bits per heavy atom. The second kappa shape index (κ2) is 14.8. The number of hydrogen-bond donors (Lipinski definition) is 7. The zero-order chi connectivity index (χ0) is 27.4. The molecule has 1 rings (SSSR count). The number of aliphatic hydroxyl groups excluding tert-OH is 1. The highest BCUT2D eigenvalue weighted by molar-refractivity contribution is 5.94. The quantitative estimate of drug-likeness (QED) is 0.161. The Morgan fingerprint density at radius 3 is 1.94 bits per heavy atom. The normalized spacial score (nSPS) is 15.2. The van der Waals surface area contributed by atoms with E-state index in [4.69, 9.17) is 10.8 Å². The van der Waals surface area contributed by atoms with Gasteiger partial charge in [-0.2, -0.15) is 0 Å². The number of carboxylic acid groups (broad SMARTS) is 2. The van der Waals surface area contributed by atoms with E-state index in [1.54, 1.807) is 30.3 Å². The fourth-order valence-electron chi connectivity index (χ4n) is 3.40. The molecular weight excluding hydrogens is 472 g/mol. The van der Waals surface area contributed by atoms with Crippen LogP contribution >= 0.6 is 0 Å². The lowest BCUT2D eigenvalue weighted by Crippen LogP contribution is -2.60. The van der Waals surface area contributed by atoms with Crippen molar-refractivity contribution in [2.24, 2.45) is 11.7 Å². The van der Waals surface area contributed by atoms with Gasteiger partial charge in [-0.05, 0) is 31.2 Å². The van der Waals surface area contributed by atoms with E-state index in [0.717, 1.165) is 0 Å². The first-order valence-corrected chi connectivity index (χ1v) is 11.6. The summed E-state index contributed by atoms with van der Waals surface area (Å²) < 4.78 is 0. The molecule has 36 heavy (non-hydrogen) atoms. The van der Waals surface area contributed by atoms with Crippen molar-refractivity contribution in [1.29, 1.82) is 0 Å². The Bertz CT molecular complexity index is 907. The average molecular weight is 509 g/mol. The molecule has 0 heterocycles. The van der Waals surface area contributed by atoms with Crippen LogP contribution in [-0.2, 0) is 30.4 Å². The predicted molar refractivity (Wildman–Crippen MR) is 130 cm³/mol. The van der Waals surface area contributed by atoms with E-state index in [9.17, 15) is 34.2 Å². The second-order valence-corrected chi connectivity index (χ2v) is 9.05. The van der Waals surface area contributed by atoms with Crippen molar-refractivity contribution in [3.05, 3.63) is 35.9 Å². The molecule has 0 aliphatic rings. The van der Waals surface area contributed by atoms with Gasteiger partial charge in [0.1, 0.15) is 18.1 Å². The molecule has 0 bridgehead atoms. The summed E-state index contributed by atoms with van der Waals surface area (Å²) in [5, 5.41) is 35.3. The van der Waals surface area contributed by atoms with Crippen LogP contribution < -0.4 is 21.7 Å². The molecule has 0 saturated heterocycles. The lowest BCUT2D eigenvalue weighted by atomic mass is 10.0. The minimum absolute atomic E-state index is 0.0668. The van der Waals surface area contributed by atoms with Crippen LogP contribution in [0.2, 0.25) is 0 Å². The highest BCUT2D eigenvalue weighted by Crippen LogP contribution is 2.08. The number of carbonyl (C=O) groups is 5. The molecular formula is C24H36N4O8. The number of aliphatic carboxylic acids is 2. The van der Waals surface area contributed by atoms with Crippen molar-refractivity contribution >= 4 is 29.7 Å². The molecule has 0 aromatic heterocycles. The zero-order valence-electron chi connectivity index (χ0n) is 20.6. The summed E-state index contributed by atoms with van der Waals surface area (Å²) in [6.45, 7) is 5.02. The van der Waals surface area contributed by atoms with E-state index in [0.29, 0.717) is 12.0 Å². The number of rotatable bonds is 15. The molecule has 5 atom stereocenters. The molecule has 0 fully saturated rings. The fraction of sp³-hybridized carbons (Fsp3) is 0.542. The molecule has 200 valence electrons. The monoisotopic (exact) mass is 508 g/mol. The van der Waals surface area contributed by atoms with E-state index < -0.39 is 72.8 Å². The van der Waals surface area contributed by atoms with Crippen molar-refractivity contribution in [3.8, 4) is 0 Å². The van der Waals surface area contributed by atoms with Gasteiger partial charge in [-0.3, -0.25) is 19.2 Å². The van der Waals surface area contributed by atoms with Crippen LogP contribution in [0.1, 0.15) is 45.6 Å². The van der Waals surface area contributed by atoms with Gasteiger partial charge in [-0.15, -0.1) is 0 Å². The third kappa shape index (κ3) is 10.8. The Morgan fingerprint density at radius 2 is 1.44 bits per heavy atom. The molecule has 5 unspecified atom stereocenters. The fourth-order valence-corrected chi connectivity index (χ4v) is 3.40. The number of carboxylic acids is 2. The van der Waals surface area contributed by atoms with Gasteiger partial charge in [0.2, 0.25) is 17.7 Å². The van der Waals surface area contributed by atoms with Gasteiger partial charge >= 0.3 is 11.9 Å². The lowest BCUT2D eigenvalue weighted by Gasteiger charge is -2.26. The molecule has 1 aromatic rings. The van der Waals surface area contributed by atoms with E-state index in [1.807, 2.05) is 13.8 Å². The number of hydrogen-bond acceptors (Lipinski definition) is 7. The molecule has 12 nitrogen and oxygen atoms in total. The van der Waals surface area contributed by atoms with Crippen molar-refractivity contribution in [3.63, 3.8) is 0 Å². The molecule has 0 saturated carbocycles. The molecule has 0 spiro atoms. The summed E-state index contributed by atoms with van der Waals surface area (Å²) in [5.41, 5.74) is 6.66. The van der Waals surface area contributed by atoms with Gasteiger partial charge in [0.15, 0.2) is 0 Å². The smallest absolute Gasteiger partial charge is 0.326 e. The largest absolute Gasteiger partial charge is 0.481 e. The van der Waals surface area contributed by atoms with Gasteiger partial charge in [0, 0.05) is 12.8 Å². The molecule has 1 aromatic carbocycles. The number of nitrogens with one attached hydrogen (secondary N) is 3. The van der Waals surface area contributed by atoms with Crippen LogP contribution in [0, 0.1) is 5.92 Å². The summed E-state index contributed by atoms with van der Waals surface area (Å²) in [5.74, 6) is -4.93. The van der Waals surface area contributed by atoms with Crippen LogP contribution in [0.3, 0.4) is 0 Å². The number of amides is 3. The molecule has 8 N–H and O–H groups in total. The Balaban J connectivity index is 3.05. The molecule has 0 aliphatic heterocycles. The first-order chi connectivity index (χ1) is 16.8. The number of carbonyl (C=O) groups excluding carboxylic acids is 3. The van der Waals surface area contributed by atoms with Gasteiger partial charge in [0.05, 0.1) is 12.1 Å². The lowest BCUT2D eigenvalue weighted by molar-refractivity contribution is -0.144. The summed E-state index contributed by atoms with van der Waals surface area (Å²) in [4.78, 5) is 60.7. The van der Waals surface area contributed by atoms with Gasteiger partial charge < -0.3 is 37.0 Å². The maximum atomic E-state index is 13.1. The summed E-state index contributed by atoms with van der Waals surface area (Å²) in [7, 11) is 0. The van der Waals surface area contributed by atoms with Crippen molar-refractivity contribution in [1.82, 2.24) is 16.0 Å². The minimum Gasteiger partial charge on any atom is -0.481 e. The molecule has 0 aliphatic carbocycles. The number of nitrogens with two attached hydrogens (primary N) is 1. The maximum Gasteiger partial charge on any atom is 0.326 e. The summed E-state index contributed by atoms with van der Waals surface area (Å²) >= 11 is 0. The first-order valence-electron chi connectivity index (χ1n) is 11.6.